The zero-order valence-electron chi connectivity index (χ0n) is 11.8. The number of ether oxygens (including phenoxy) is 1. The summed E-state index contributed by atoms with van der Waals surface area (Å²) < 4.78 is 28.6. The van der Waals surface area contributed by atoms with Crippen molar-refractivity contribution in [3.63, 3.8) is 0 Å². The van der Waals surface area contributed by atoms with Gasteiger partial charge >= 0.3 is 0 Å². The fourth-order valence-corrected chi connectivity index (χ4v) is 3.07. The van der Waals surface area contributed by atoms with Crippen molar-refractivity contribution < 1.29 is 13.2 Å². The lowest BCUT2D eigenvalue weighted by Gasteiger charge is -2.13. The van der Waals surface area contributed by atoms with Gasteiger partial charge in [0.15, 0.2) is 0 Å². The Morgan fingerprint density at radius 2 is 1.86 bits per heavy atom. The molecule has 6 heteroatoms. The predicted molar refractivity (Wildman–Crippen MR) is 83.1 cm³/mol. The van der Waals surface area contributed by atoms with E-state index in [1.807, 2.05) is 18.2 Å². The van der Waals surface area contributed by atoms with Gasteiger partial charge < -0.3 is 4.74 Å². The maximum absolute atomic E-state index is 11.5. The number of nitrogens with two attached hydrogens (primary N) is 1. The molecule has 2 N–H and O–H groups in total. The molecular weight excluding hydrogens is 310 g/mol. The number of halogens is 1. The normalized spacial score (nSPS) is 11.4. The van der Waals surface area contributed by atoms with Crippen molar-refractivity contribution in [2.75, 3.05) is 0 Å². The predicted octanol–water partition coefficient (Wildman–Crippen LogP) is 3.18. The van der Waals surface area contributed by atoms with Gasteiger partial charge in [-0.2, -0.15) is 0 Å². The number of benzene rings is 2. The van der Waals surface area contributed by atoms with E-state index in [1.165, 1.54) is 6.07 Å². The molecule has 0 aliphatic heterocycles. The summed E-state index contributed by atoms with van der Waals surface area (Å²) in [5.74, 6) is 0.625. The Hall–Kier alpha value is -1.56. The van der Waals surface area contributed by atoms with Crippen LogP contribution in [-0.4, -0.2) is 8.42 Å². The maximum Gasteiger partial charge on any atom is 0.238 e. The van der Waals surface area contributed by atoms with Crippen LogP contribution in [0.15, 0.2) is 41.3 Å². The van der Waals surface area contributed by atoms with E-state index in [2.05, 4.69) is 0 Å². The second-order valence-corrected chi connectivity index (χ2v) is 6.74. The lowest BCUT2D eigenvalue weighted by Crippen LogP contribution is -2.14. The van der Waals surface area contributed by atoms with Crippen molar-refractivity contribution in [2.24, 2.45) is 5.14 Å². The van der Waals surface area contributed by atoms with Gasteiger partial charge in [-0.25, -0.2) is 13.6 Å². The van der Waals surface area contributed by atoms with Crippen LogP contribution in [0, 0.1) is 13.8 Å². The summed E-state index contributed by atoms with van der Waals surface area (Å²) in [6, 6.07) is 10.5. The minimum atomic E-state index is -3.72. The number of sulfonamides is 1. The Morgan fingerprint density at radius 3 is 2.48 bits per heavy atom. The summed E-state index contributed by atoms with van der Waals surface area (Å²) in [4.78, 5) is 0.120. The fraction of sp³-hybridized carbons (Fsp3) is 0.200. The van der Waals surface area contributed by atoms with Crippen LogP contribution in [0.2, 0.25) is 5.02 Å². The highest BCUT2D eigenvalue weighted by Crippen LogP contribution is 2.27. The van der Waals surface area contributed by atoms with E-state index in [1.54, 1.807) is 26.0 Å². The summed E-state index contributed by atoms with van der Waals surface area (Å²) in [6.45, 7) is 3.87. The molecule has 0 spiro atoms. The van der Waals surface area contributed by atoms with Crippen LogP contribution in [0.1, 0.15) is 16.7 Å². The first-order valence-electron chi connectivity index (χ1n) is 6.29. The largest absolute Gasteiger partial charge is 0.489 e. The lowest BCUT2D eigenvalue weighted by atomic mass is 10.1. The average Bonchev–Trinajstić information content (AvgIpc) is 2.39. The molecule has 0 aliphatic rings. The summed E-state index contributed by atoms with van der Waals surface area (Å²) in [7, 11) is -3.72. The molecule has 0 saturated carbocycles. The van der Waals surface area contributed by atoms with E-state index in [9.17, 15) is 8.42 Å². The first kappa shape index (κ1) is 15.8. The van der Waals surface area contributed by atoms with Crippen LogP contribution >= 0.6 is 11.6 Å². The van der Waals surface area contributed by atoms with E-state index >= 15 is 0 Å². The highest BCUT2D eigenvalue weighted by Gasteiger charge is 2.15. The molecule has 2 aromatic rings. The second kappa shape index (κ2) is 6.05. The molecule has 112 valence electrons. The van der Waals surface area contributed by atoms with Gasteiger partial charge in [-0.3, -0.25) is 0 Å². The van der Waals surface area contributed by atoms with Gasteiger partial charge in [-0.05, 0) is 54.8 Å². The number of hydrogen-bond acceptors (Lipinski definition) is 3. The van der Waals surface area contributed by atoms with Gasteiger partial charge in [0.05, 0.1) is 4.90 Å². The van der Waals surface area contributed by atoms with Gasteiger partial charge in [0, 0.05) is 5.02 Å². The molecule has 0 aliphatic carbocycles. The third-order valence-electron chi connectivity index (χ3n) is 3.28. The summed E-state index contributed by atoms with van der Waals surface area (Å²) in [6.07, 6.45) is 0. The van der Waals surface area contributed by atoms with Gasteiger partial charge in [-0.1, -0.05) is 23.7 Å². The van der Waals surface area contributed by atoms with E-state index in [0.29, 0.717) is 22.9 Å². The molecule has 2 aromatic carbocycles. The quantitative estimate of drug-likeness (QED) is 0.938. The van der Waals surface area contributed by atoms with E-state index in [-0.39, 0.29) is 4.90 Å². The minimum absolute atomic E-state index is 0.120. The van der Waals surface area contributed by atoms with Crippen LogP contribution in [0.3, 0.4) is 0 Å². The third kappa shape index (κ3) is 3.75. The van der Waals surface area contributed by atoms with E-state index in [4.69, 9.17) is 21.5 Å². The number of rotatable bonds is 4. The molecular formula is C15H16ClNO3S. The van der Waals surface area contributed by atoms with Crippen molar-refractivity contribution in [2.45, 2.75) is 25.3 Å². The first-order valence-corrected chi connectivity index (χ1v) is 8.21. The Labute approximate surface area is 129 Å². The molecule has 0 fully saturated rings. The lowest BCUT2D eigenvalue weighted by molar-refractivity contribution is 0.303. The van der Waals surface area contributed by atoms with Gasteiger partial charge in [0.25, 0.3) is 0 Å². The van der Waals surface area contributed by atoms with Crippen molar-refractivity contribution in [1.82, 2.24) is 0 Å². The van der Waals surface area contributed by atoms with Crippen LogP contribution in [0.5, 0.6) is 5.75 Å². The standard InChI is InChI=1S/C15H16ClNO3S/c1-10-11(2)15(21(17,18)19)7-6-14(10)20-9-12-4-3-5-13(16)8-12/h3-8H,9H2,1-2H3,(H2,17,18,19). The van der Waals surface area contributed by atoms with Crippen LogP contribution in [-0.2, 0) is 16.6 Å². The summed E-state index contributed by atoms with van der Waals surface area (Å²) in [5, 5.41) is 5.82. The highest BCUT2D eigenvalue weighted by molar-refractivity contribution is 7.89. The monoisotopic (exact) mass is 325 g/mol. The van der Waals surface area contributed by atoms with E-state index in [0.717, 1.165) is 11.1 Å². The molecule has 0 unspecified atom stereocenters. The fourth-order valence-electron chi connectivity index (χ4n) is 2.02. The Kier molecular flexibility index (Phi) is 4.56. The van der Waals surface area contributed by atoms with Crippen molar-refractivity contribution in [3.05, 3.63) is 58.1 Å². The smallest absolute Gasteiger partial charge is 0.238 e. The van der Waals surface area contributed by atoms with Crippen LogP contribution in [0.25, 0.3) is 0 Å². The summed E-state index contributed by atoms with van der Waals surface area (Å²) in [5.41, 5.74) is 2.29. The van der Waals surface area contributed by atoms with Gasteiger partial charge in [-0.15, -0.1) is 0 Å². The molecule has 2 rings (SSSR count). The zero-order valence-corrected chi connectivity index (χ0v) is 13.3. The molecule has 0 bridgehead atoms. The van der Waals surface area contributed by atoms with Gasteiger partial charge in [0.1, 0.15) is 12.4 Å². The van der Waals surface area contributed by atoms with Gasteiger partial charge in [0.2, 0.25) is 10.0 Å². The molecule has 0 saturated heterocycles. The number of primary sulfonamides is 1. The Bertz CT molecular complexity index is 772. The Morgan fingerprint density at radius 1 is 1.14 bits per heavy atom. The van der Waals surface area contributed by atoms with Crippen LogP contribution < -0.4 is 9.88 Å². The van der Waals surface area contributed by atoms with Crippen molar-refractivity contribution in [1.29, 1.82) is 0 Å². The maximum atomic E-state index is 11.5. The Balaban J connectivity index is 2.24. The molecule has 21 heavy (non-hydrogen) atoms. The summed E-state index contributed by atoms with van der Waals surface area (Å²) >= 11 is 5.92. The molecule has 0 heterocycles. The number of hydrogen-bond donors (Lipinski definition) is 1. The van der Waals surface area contributed by atoms with Crippen molar-refractivity contribution in [3.8, 4) is 5.75 Å². The third-order valence-corrected chi connectivity index (χ3v) is 4.57. The first-order chi connectivity index (χ1) is 9.79. The van der Waals surface area contributed by atoms with Crippen LogP contribution in [0.4, 0.5) is 0 Å². The molecule has 0 aromatic heterocycles. The minimum Gasteiger partial charge on any atom is -0.489 e. The van der Waals surface area contributed by atoms with E-state index < -0.39 is 10.0 Å². The SMILES string of the molecule is Cc1c(OCc2cccc(Cl)c2)ccc(S(N)(=O)=O)c1C. The molecule has 0 atom stereocenters. The second-order valence-electron chi connectivity index (χ2n) is 4.78. The molecule has 0 radical (unpaired) electrons. The highest BCUT2D eigenvalue weighted by atomic mass is 35.5. The van der Waals surface area contributed by atoms with Crippen molar-refractivity contribution >= 4 is 21.6 Å². The zero-order chi connectivity index (χ0) is 15.6. The molecule has 4 nitrogen and oxygen atoms in total. The topological polar surface area (TPSA) is 69.4 Å². The molecule has 0 amide bonds. The average molecular weight is 326 g/mol.